The van der Waals surface area contributed by atoms with E-state index in [9.17, 15) is 18.0 Å². The van der Waals surface area contributed by atoms with Gasteiger partial charge in [0.15, 0.2) is 5.69 Å². The minimum atomic E-state index is -4.52. The lowest BCUT2D eigenvalue weighted by Crippen LogP contribution is -2.43. The normalized spacial score (nSPS) is 19.8. The summed E-state index contributed by atoms with van der Waals surface area (Å²) < 4.78 is 40.9. The molecule has 0 bridgehead atoms. The van der Waals surface area contributed by atoms with Crippen molar-refractivity contribution in [3.63, 3.8) is 0 Å². The summed E-state index contributed by atoms with van der Waals surface area (Å²) in [5, 5.41) is 6.67. The van der Waals surface area contributed by atoms with Crippen molar-refractivity contribution in [2.24, 2.45) is 0 Å². The predicted octanol–water partition coefficient (Wildman–Crippen LogP) is 5.21. The van der Waals surface area contributed by atoms with Crippen molar-refractivity contribution in [2.45, 2.75) is 71.0 Å². The summed E-state index contributed by atoms with van der Waals surface area (Å²) >= 11 is 1.52. The largest absolute Gasteiger partial charge is 0.435 e. The summed E-state index contributed by atoms with van der Waals surface area (Å²) in [7, 11) is -1.51. The van der Waals surface area contributed by atoms with Crippen molar-refractivity contribution in [3.8, 4) is 11.5 Å². The number of nitrogens with zero attached hydrogens (tertiary/aromatic N) is 4. The summed E-state index contributed by atoms with van der Waals surface area (Å²) in [6.45, 7) is 10.3. The summed E-state index contributed by atoms with van der Waals surface area (Å²) in [5.41, 5.74) is 3.49. The number of alkyl halides is 3. The summed E-state index contributed by atoms with van der Waals surface area (Å²) in [5.74, 6) is 3.10. The van der Waals surface area contributed by atoms with Crippen LogP contribution < -0.4 is 0 Å². The van der Waals surface area contributed by atoms with Crippen LogP contribution in [0.15, 0.2) is 11.4 Å². The van der Waals surface area contributed by atoms with Gasteiger partial charge in [0.05, 0.1) is 5.01 Å². The van der Waals surface area contributed by atoms with Gasteiger partial charge in [-0.25, -0.2) is 9.67 Å². The lowest BCUT2D eigenvalue weighted by molar-refractivity contribution is -0.142. The van der Waals surface area contributed by atoms with Crippen LogP contribution in [0.5, 0.6) is 0 Å². The maximum Gasteiger partial charge on any atom is 0.435 e. The van der Waals surface area contributed by atoms with Gasteiger partial charge in [-0.3, -0.25) is 4.79 Å². The van der Waals surface area contributed by atoms with E-state index in [-0.39, 0.29) is 11.8 Å². The van der Waals surface area contributed by atoms with Crippen LogP contribution in [-0.4, -0.2) is 40.2 Å². The van der Waals surface area contributed by atoms with Gasteiger partial charge in [-0.2, -0.15) is 18.3 Å². The second-order valence-electron chi connectivity index (χ2n) is 8.83. The van der Waals surface area contributed by atoms with Crippen LogP contribution in [0, 0.1) is 18.4 Å². The fourth-order valence-corrected chi connectivity index (χ4v) is 5.01. The predicted molar refractivity (Wildman–Crippen MR) is 117 cm³/mol. The number of carbonyl (C=O) groups is 1. The molecule has 2 aromatic heterocycles. The molecule has 2 unspecified atom stereocenters. The standard InChI is InChI=1S/C21H27F3N4OSSi/c1-6-19(29)27-9-7-15(20-25-16(13-30-20)8-10-31(3,4)5)12-18(27)28-14(2)11-17(26-28)21(22,23)24/h11,13,15,18H,6-7,9,12H2,1-5H3. The van der Waals surface area contributed by atoms with Crippen LogP contribution in [-0.2, 0) is 11.0 Å². The van der Waals surface area contributed by atoms with Gasteiger partial charge >= 0.3 is 6.18 Å². The highest BCUT2D eigenvalue weighted by molar-refractivity contribution is 7.09. The van der Waals surface area contributed by atoms with Gasteiger partial charge in [0.25, 0.3) is 0 Å². The Hall–Kier alpha value is -2.12. The van der Waals surface area contributed by atoms with Gasteiger partial charge < -0.3 is 4.90 Å². The third kappa shape index (κ3) is 5.57. The van der Waals surface area contributed by atoms with Gasteiger partial charge in [0, 0.05) is 30.0 Å². The molecule has 2 atom stereocenters. The van der Waals surface area contributed by atoms with E-state index >= 15 is 0 Å². The Kier molecular flexibility index (Phi) is 6.67. The van der Waals surface area contributed by atoms with E-state index in [4.69, 9.17) is 0 Å². The SMILES string of the molecule is CCC(=O)N1CCC(c2nc(C#C[Si](C)(C)C)cs2)CC1n1nc(C(F)(F)F)cc1C. The zero-order valence-corrected chi connectivity index (χ0v) is 20.2. The van der Waals surface area contributed by atoms with E-state index < -0.39 is 26.1 Å². The highest BCUT2D eigenvalue weighted by atomic mass is 32.1. The van der Waals surface area contributed by atoms with Gasteiger partial charge in [0.1, 0.15) is 19.9 Å². The molecule has 1 fully saturated rings. The Morgan fingerprint density at radius 3 is 2.65 bits per heavy atom. The van der Waals surface area contributed by atoms with Crippen molar-refractivity contribution >= 4 is 25.3 Å². The molecule has 5 nitrogen and oxygen atoms in total. The van der Waals surface area contributed by atoms with Gasteiger partial charge in [0.2, 0.25) is 5.91 Å². The van der Waals surface area contributed by atoms with Crippen molar-refractivity contribution < 1.29 is 18.0 Å². The molecule has 31 heavy (non-hydrogen) atoms. The molecular formula is C21H27F3N4OSSi. The van der Waals surface area contributed by atoms with Gasteiger partial charge in [-0.1, -0.05) is 32.5 Å². The van der Waals surface area contributed by atoms with E-state index in [1.54, 1.807) is 18.7 Å². The van der Waals surface area contributed by atoms with E-state index in [0.717, 1.165) is 16.8 Å². The molecule has 1 aliphatic rings. The Labute approximate surface area is 185 Å². The number of hydrogen-bond acceptors (Lipinski definition) is 4. The molecule has 0 aliphatic carbocycles. The first kappa shape index (κ1) is 23.5. The number of likely N-dealkylation sites (tertiary alicyclic amines) is 1. The van der Waals surface area contributed by atoms with Crippen molar-refractivity contribution in [3.05, 3.63) is 33.5 Å². The Morgan fingerprint density at radius 1 is 1.35 bits per heavy atom. The number of aromatic nitrogens is 3. The van der Waals surface area contributed by atoms with Crippen LogP contribution in [0.2, 0.25) is 19.6 Å². The molecular weight excluding hydrogens is 441 g/mol. The third-order valence-electron chi connectivity index (χ3n) is 5.13. The van der Waals surface area contributed by atoms with Gasteiger partial charge in [-0.15, -0.1) is 16.9 Å². The molecule has 0 aromatic carbocycles. The third-order valence-corrected chi connectivity index (χ3v) is 7.01. The fraction of sp³-hybridized carbons (Fsp3) is 0.571. The molecule has 3 heterocycles. The van der Waals surface area contributed by atoms with Crippen LogP contribution in [0.25, 0.3) is 0 Å². The minimum Gasteiger partial charge on any atom is -0.320 e. The highest BCUT2D eigenvalue weighted by Crippen LogP contribution is 2.39. The van der Waals surface area contributed by atoms with Crippen LogP contribution >= 0.6 is 11.3 Å². The molecule has 2 aromatic rings. The average Bonchev–Trinajstić information content (AvgIpc) is 3.31. The highest BCUT2D eigenvalue weighted by Gasteiger charge is 2.39. The van der Waals surface area contributed by atoms with Crippen molar-refractivity contribution in [1.29, 1.82) is 0 Å². The fourth-order valence-electron chi connectivity index (χ4n) is 3.61. The number of piperidine rings is 1. The van der Waals surface area contributed by atoms with Gasteiger partial charge in [-0.05, 0) is 25.8 Å². The first-order chi connectivity index (χ1) is 14.4. The monoisotopic (exact) mass is 468 g/mol. The second kappa shape index (κ2) is 8.79. The number of amides is 1. The Morgan fingerprint density at radius 2 is 2.06 bits per heavy atom. The maximum atomic E-state index is 13.2. The molecule has 1 aliphatic heterocycles. The molecule has 1 saturated heterocycles. The van der Waals surface area contributed by atoms with E-state index in [0.29, 0.717) is 31.5 Å². The lowest BCUT2D eigenvalue weighted by atomic mass is 9.94. The number of hydrogen-bond donors (Lipinski definition) is 0. The van der Waals surface area contributed by atoms with Crippen molar-refractivity contribution in [2.75, 3.05) is 6.54 Å². The van der Waals surface area contributed by atoms with E-state index in [1.807, 2.05) is 5.38 Å². The van der Waals surface area contributed by atoms with E-state index in [2.05, 4.69) is 41.2 Å². The molecule has 0 spiro atoms. The number of carbonyl (C=O) groups excluding carboxylic acids is 1. The first-order valence-electron chi connectivity index (χ1n) is 10.3. The summed E-state index contributed by atoms with van der Waals surface area (Å²) in [6, 6.07) is 1.03. The molecule has 0 radical (unpaired) electrons. The van der Waals surface area contributed by atoms with Crippen LogP contribution in [0.4, 0.5) is 13.2 Å². The first-order valence-corrected chi connectivity index (χ1v) is 14.7. The Balaban J connectivity index is 1.90. The molecule has 10 heteroatoms. The molecule has 0 saturated carbocycles. The zero-order chi connectivity index (χ0) is 23.0. The minimum absolute atomic E-state index is 0.0382. The summed E-state index contributed by atoms with van der Waals surface area (Å²) in [4.78, 5) is 18.9. The number of rotatable bonds is 3. The molecule has 3 rings (SSSR count). The average molecular weight is 469 g/mol. The van der Waals surface area contributed by atoms with Crippen LogP contribution in [0.1, 0.15) is 60.4 Å². The smallest absolute Gasteiger partial charge is 0.320 e. The Bertz CT molecular complexity index is 1010. The quantitative estimate of drug-likeness (QED) is 0.459. The lowest BCUT2D eigenvalue weighted by Gasteiger charge is -2.39. The second-order valence-corrected chi connectivity index (χ2v) is 14.5. The van der Waals surface area contributed by atoms with Crippen LogP contribution in [0.3, 0.4) is 0 Å². The molecule has 1 amide bonds. The van der Waals surface area contributed by atoms with Crippen molar-refractivity contribution in [1.82, 2.24) is 19.7 Å². The maximum absolute atomic E-state index is 13.2. The number of halogens is 3. The topological polar surface area (TPSA) is 51.0 Å². The summed E-state index contributed by atoms with van der Waals surface area (Å²) in [6.07, 6.45) is -3.62. The zero-order valence-electron chi connectivity index (χ0n) is 18.4. The molecule has 0 N–H and O–H groups in total. The number of thiazole rings is 1. The van der Waals surface area contributed by atoms with E-state index in [1.165, 1.54) is 16.0 Å². The molecule has 168 valence electrons. The number of aryl methyl sites for hydroxylation is 1.